The summed E-state index contributed by atoms with van der Waals surface area (Å²) in [5, 5.41) is 46.9. The van der Waals surface area contributed by atoms with Gasteiger partial charge >= 0.3 is 5.69 Å². The highest BCUT2D eigenvalue weighted by Crippen LogP contribution is 2.06. The number of rotatable bonds is 6. The van der Waals surface area contributed by atoms with E-state index in [0.717, 1.165) is 4.57 Å². The van der Waals surface area contributed by atoms with Crippen LogP contribution in [0.2, 0.25) is 0 Å². The summed E-state index contributed by atoms with van der Waals surface area (Å²) in [5.74, 6) is 0. The summed E-state index contributed by atoms with van der Waals surface area (Å²) in [5.41, 5.74) is -3.84. The van der Waals surface area contributed by atoms with Crippen molar-refractivity contribution in [3.8, 4) is 0 Å². The molecule has 0 spiro atoms. The first-order valence-electron chi connectivity index (χ1n) is 6.82. The van der Waals surface area contributed by atoms with Crippen LogP contribution in [-0.2, 0) is 13.2 Å². The van der Waals surface area contributed by atoms with E-state index >= 15 is 0 Å². The summed E-state index contributed by atoms with van der Waals surface area (Å²) >= 11 is 0. The molecule has 0 saturated carbocycles. The first-order chi connectivity index (χ1) is 11.3. The minimum absolute atomic E-state index is 0.323. The molecule has 7 N–H and O–H groups in total. The minimum Gasteiger partial charge on any atom is -0.394 e. The van der Waals surface area contributed by atoms with E-state index in [9.17, 15) is 34.8 Å². The molecule has 3 unspecified atom stereocenters. The van der Waals surface area contributed by atoms with E-state index in [0.29, 0.717) is 0 Å². The van der Waals surface area contributed by atoms with Crippen LogP contribution in [0.4, 0.5) is 0 Å². The fourth-order valence-corrected chi connectivity index (χ4v) is 2.14. The van der Waals surface area contributed by atoms with Gasteiger partial charge in [0.2, 0.25) is 0 Å². The zero-order valence-corrected chi connectivity index (χ0v) is 12.2. The van der Waals surface area contributed by atoms with E-state index in [4.69, 9.17) is 5.11 Å². The quantitative estimate of drug-likeness (QED) is 0.269. The monoisotopic (exact) mass is 344 g/mol. The molecule has 0 aliphatic heterocycles. The second-order valence-electron chi connectivity index (χ2n) is 5.05. The number of hydrogen-bond acceptors (Lipinski definition) is 9. The molecule has 2 rings (SSSR count). The third-order valence-electron chi connectivity index (χ3n) is 3.40. The third-order valence-corrected chi connectivity index (χ3v) is 3.40. The second-order valence-corrected chi connectivity index (χ2v) is 5.05. The number of fused-ring (bicyclic) bond motifs is 1. The van der Waals surface area contributed by atoms with Gasteiger partial charge in [0.25, 0.3) is 11.1 Å². The van der Waals surface area contributed by atoms with Gasteiger partial charge in [-0.05, 0) is 0 Å². The number of nitrogens with zero attached hydrogens (tertiary/aromatic N) is 2. The molecule has 3 atom stereocenters. The van der Waals surface area contributed by atoms with E-state index in [1.165, 1.54) is 0 Å². The van der Waals surface area contributed by atoms with Crippen LogP contribution >= 0.6 is 0 Å². The highest BCUT2D eigenvalue weighted by Gasteiger charge is 2.26. The van der Waals surface area contributed by atoms with Gasteiger partial charge in [-0.2, -0.15) is 0 Å². The first-order valence-corrected chi connectivity index (χ1v) is 6.82. The Labute approximate surface area is 132 Å². The predicted octanol–water partition coefficient (Wildman–Crippen LogP) is -4.66. The van der Waals surface area contributed by atoms with E-state index in [1.54, 1.807) is 0 Å². The van der Waals surface area contributed by atoms with Crippen LogP contribution in [0.15, 0.2) is 14.4 Å². The number of aliphatic hydroxyl groups is 5. The maximum Gasteiger partial charge on any atom is 0.327 e. The highest BCUT2D eigenvalue weighted by atomic mass is 16.4. The molecule has 132 valence electrons. The van der Waals surface area contributed by atoms with Crippen LogP contribution < -0.4 is 16.8 Å². The lowest BCUT2D eigenvalue weighted by atomic mass is 10.1. The summed E-state index contributed by atoms with van der Waals surface area (Å²) in [4.78, 5) is 43.2. The molecule has 0 saturated heterocycles. The maximum atomic E-state index is 12.2. The Morgan fingerprint density at radius 2 is 1.71 bits per heavy atom. The van der Waals surface area contributed by atoms with Crippen molar-refractivity contribution in [2.24, 2.45) is 0 Å². The van der Waals surface area contributed by atoms with Gasteiger partial charge in [0.1, 0.15) is 29.7 Å². The Bertz CT molecular complexity index is 901. The van der Waals surface area contributed by atoms with Gasteiger partial charge < -0.3 is 25.5 Å². The van der Waals surface area contributed by atoms with Gasteiger partial charge in [-0.25, -0.2) is 9.78 Å². The Hall–Kier alpha value is -2.38. The lowest BCUT2D eigenvalue weighted by molar-refractivity contribution is -0.0806. The molecule has 0 radical (unpaired) electrons. The van der Waals surface area contributed by atoms with Crippen molar-refractivity contribution in [2.45, 2.75) is 31.5 Å². The van der Waals surface area contributed by atoms with Crippen molar-refractivity contribution in [3.05, 3.63) is 36.9 Å². The van der Waals surface area contributed by atoms with Gasteiger partial charge in [0.05, 0.1) is 19.8 Å². The molecular formula is C12H16N4O8. The van der Waals surface area contributed by atoms with Crippen LogP contribution in [0.25, 0.3) is 11.2 Å². The fraction of sp³-hybridized carbons (Fsp3) is 0.500. The van der Waals surface area contributed by atoms with Crippen LogP contribution in [0.5, 0.6) is 0 Å². The zero-order valence-electron chi connectivity index (χ0n) is 12.2. The van der Waals surface area contributed by atoms with E-state index in [1.807, 2.05) is 4.98 Å². The second kappa shape index (κ2) is 7.02. The van der Waals surface area contributed by atoms with Crippen LogP contribution in [0, 0.1) is 0 Å². The first kappa shape index (κ1) is 18.0. The summed E-state index contributed by atoms with van der Waals surface area (Å²) < 4.78 is 0.739. The topological polar surface area (TPSA) is 202 Å². The molecule has 0 aliphatic rings. The number of aromatic nitrogens is 4. The van der Waals surface area contributed by atoms with Gasteiger partial charge in [0.15, 0.2) is 5.52 Å². The van der Waals surface area contributed by atoms with Crippen molar-refractivity contribution in [2.75, 3.05) is 6.61 Å². The molecule has 0 bridgehead atoms. The SMILES string of the molecule is O=c1[nH]c(=O)c2nc(CO)c(=O)n(CC(O)C(O)C(O)CO)c2[nH]1. The zero-order chi connectivity index (χ0) is 18.0. The average Bonchev–Trinajstić information content (AvgIpc) is 2.55. The average molecular weight is 344 g/mol. The van der Waals surface area contributed by atoms with Crippen molar-refractivity contribution in [1.29, 1.82) is 0 Å². The molecule has 2 heterocycles. The molecule has 12 heteroatoms. The Morgan fingerprint density at radius 1 is 1.04 bits per heavy atom. The van der Waals surface area contributed by atoms with E-state index < -0.39 is 60.6 Å². The molecule has 0 aliphatic carbocycles. The Balaban J connectivity index is 2.64. The van der Waals surface area contributed by atoms with Gasteiger partial charge in [-0.3, -0.25) is 24.1 Å². The van der Waals surface area contributed by atoms with Crippen LogP contribution in [0.1, 0.15) is 5.69 Å². The molecule has 2 aromatic rings. The Morgan fingerprint density at radius 3 is 2.29 bits per heavy atom. The number of hydrogen-bond donors (Lipinski definition) is 7. The summed E-state index contributed by atoms with van der Waals surface area (Å²) in [7, 11) is 0. The normalized spacial score (nSPS) is 15.4. The highest BCUT2D eigenvalue weighted by molar-refractivity contribution is 5.68. The molecule has 0 amide bonds. The lowest BCUT2D eigenvalue weighted by Crippen LogP contribution is -2.44. The van der Waals surface area contributed by atoms with Crippen molar-refractivity contribution in [1.82, 2.24) is 19.5 Å². The van der Waals surface area contributed by atoms with Crippen molar-refractivity contribution < 1.29 is 25.5 Å². The summed E-state index contributed by atoms with van der Waals surface area (Å²) in [6.07, 6.45) is -5.18. The summed E-state index contributed by atoms with van der Waals surface area (Å²) in [6, 6.07) is 0. The number of aromatic amines is 2. The van der Waals surface area contributed by atoms with Gasteiger partial charge in [0, 0.05) is 0 Å². The van der Waals surface area contributed by atoms with Gasteiger partial charge in [-0.1, -0.05) is 0 Å². The van der Waals surface area contributed by atoms with Crippen LogP contribution in [0.3, 0.4) is 0 Å². The van der Waals surface area contributed by atoms with E-state index in [2.05, 4.69) is 9.97 Å². The molecule has 2 aromatic heterocycles. The molecule has 0 fully saturated rings. The smallest absolute Gasteiger partial charge is 0.327 e. The van der Waals surface area contributed by atoms with Crippen molar-refractivity contribution >= 4 is 11.2 Å². The number of H-pyrrole nitrogens is 2. The molecular weight excluding hydrogens is 328 g/mol. The fourth-order valence-electron chi connectivity index (χ4n) is 2.14. The Kier molecular flexibility index (Phi) is 5.26. The standard InChI is InChI=1S/C12H16N4O8/c17-2-4-11(23)16(1-5(19)8(21)6(20)3-18)9-7(13-4)10(22)15-12(24)14-9/h5-6,8,17-21H,1-3H2,(H2,14,15,22,24). The van der Waals surface area contributed by atoms with Crippen molar-refractivity contribution in [3.63, 3.8) is 0 Å². The molecule has 24 heavy (non-hydrogen) atoms. The van der Waals surface area contributed by atoms with Crippen LogP contribution in [-0.4, -0.2) is 70.0 Å². The lowest BCUT2D eigenvalue weighted by Gasteiger charge is -2.22. The summed E-state index contributed by atoms with van der Waals surface area (Å²) in [6.45, 7) is -2.27. The third kappa shape index (κ3) is 3.27. The minimum atomic E-state index is -1.79. The number of nitrogens with one attached hydrogen (secondary N) is 2. The van der Waals surface area contributed by atoms with Gasteiger partial charge in [-0.15, -0.1) is 0 Å². The largest absolute Gasteiger partial charge is 0.394 e. The van der Waals surface area contributed by atoms with E-state index in [-0.39, 0.29) is 11.2 Å². The predicted molar refractivity (Wildman–Crippen MR) is 78.3 cm³/mol. The number of aliphatic hydroxyl groups excluding tert-OH is 5. The molecule has 0 aromatic carbocycles. The maximum absolute atomic E-state index is 12.2. The molecule has 12 nitrogen and oxygen atoms in total.